The Morgan fingerprint density at radius 2 is 1.67 bits per heavy atom. The highest BCUT2D eigenvalue weighted by molar-refractivity contribution is 5.96. The minimum Gasteiger partial charge on any atom is -0.467 e. The number of aromatic nitrogens is 1. The van der Waals surface area contributed by atoms with Crippen LogP contribution in [0.1, 0.15) is 33.4 Å². The Labute approximate surface area is 190 Å². The average Bonchev–Trinajstić information content (AvgIpc) is 3.39. The van der Waals surface area contributed by atoms with Crippen LogP contribution >= 0.6 is 0 Å². The van der Waals surface area contributed by atoms with Gasteiger partial charge in [0.2, 0.25) is 0 Å². The predicted molar refractivity (Wildman–Crippen MR) is 120 cm³/mol. The molecule has 0 aliphatic rings. The molecule has 166 valence electrons. The van der Waals surface area contributed by atoms with Crippen LogP contribution in [0.2, 0.25) is 0 Å². The van der Waals surface area contributed by atoms with Gasteiger partial charge >= 0.3 is 0 Å². The van der Waals surface area contributed by atoms with Crippen LogP contribution in [0.25, 0.3) is 0 Å². The van der Waals surface area contributed by atoms with Gasteiger partial charge in [0.15, 0.2) is 6.04 Å². The van der Waals surface area contributed by atoms with Crippen molar-refractivity contribution in [1.82, 2.24) is 15.2 Å². The lowest BCUT2D eigenvalue weighted by Gasteiger charge is -2.29. The summed E-state index contributed by atoms with van der Waals surface area (Å²) in [7, 11) is 0. The second-order valence-electron chi connectivity index (χ2n) is 7.40. The average molecular weight is 443 g/mol. The van der Waals surface area contributed by atoms with Crippen molar-refractivity contribution < 1.29 is 18.4 Å². The third kappa shape index (κ3) is 5.51. The number of nitrogens with one attached hydrogen (secondary N) is 1. The fourth-order valence-corrected chi connectivity index (χ4v) is 3.46. The molecule has 1 N–H and O–H groups in total. The predicted octanol–water partition coefficient (Wildman–Crippen LogP) is 4.51. The zero-order valence-corrected chi connectivity index (χ0v) is 17.7. The summed E-state index contributed by atoms with van der Waals surface area (Å²) in [5, 5.41) is 2.90. The van der Waals surface area contributed by atoms with Crippen molar-refractivity contribution in [2.45, 2.75) is 19.1 Å². The molecule has 2 heterocycles. The minimum atomic E-state index is -1.05. The smallest absolute Gasteiger partial charge is 0.273 e. The molecule has 0 spiro atoms. The van der Waals surface area contributed by atoms with Crippen molar-refractivity contribution in [3.8, 4) is 0 Å². The summed E-state index contributed by atoms with van der Waals surface area (Å²) in [5.74, 6) is -0.923. The Bertz CT molecular complexity index is 1180. The molecule has 2 aromatic heterocycles. The van der Waals surface area contributed by atoms with E-state index in [1.165, 1.54) is 29.5 Å². The normalized spacial score (nSPS) is 11.5. The number of furan rings is 1. The molecular formula is C26H22FN3O3. The summed E-state index contributed by atoms with van der Waals surface area (Å²) in [4.78, 5) is 32.4. The largest absolute Gasteiger partial charge is 0.467 e. The van der Waals surface area contributed by atoms with Crippen LogP contribution in [0.3, 0.4) is 0 Å². The van der Waals surface area contributed by atoms with Gasteiger partial charge < -0.3 is 14.6 Å². The van der Waals surface area contributed by atoms with Crippen LogP contribution in [0, 0.1) is 5.82 Å². The fraction of sp³-hybridized carbons (Fsp3) is 0.115. The highest BCUT2D eigenvalue weighted by atomic mass is 19.1. The third-order valence-electron chi connectivity index (χ3n) is 5.09. The van der Waals surface area contributed by atoms with Crippen LogP contribution in [0.15, 0.2) is 102 Å². The van der Waals surface area contributed by atoms with Gasteiger partial charge in [-0.1, -0.05) is 48.5 Å². The number of hydrogen-bond acceptors (Lipinski definition) is 4. The standard InChI is InChI=1S/C26H22FN3O3/c27-21-13-11-20(12-14-21)18-30(26(32)22-9-4-5-15-28-22)24(23-10-6-16-33-23)25(31)29-17-19-7-2-1-3-8-19/h1-16,24H,17-18H2,(H,29,31)/t24-/m0/s1. The van der Waals surface area contributed by atoms with E-state index in [0.29, 0.717) is 17.9 Å². The lowest BCUT2D eigenvalue weighted by Crippen LogP contribution is -2.43. The fourth-order valence-electron chi connectivity index (χ4n) is 3.46. The maximum absolute atomic E-state index is 13.5. The van der Waals surface area contributed by atoms with Gasteiger partial charge in [0, 0.05) is 19.3 Å². The minimum absolute atomic E-state index is 0.0554. The van der Waals surface area contributed by atoms with Crippen LogP contribution in [0.4, 0.5) is 4.39 Å². The molecule has 2 aromatic carbocycles. The number of carbonyl (C=O) groups excluding carboxylic acids is 2. The number of benzene rings is 2. The van der Waals surface area contributed by atoms with Crippen LogP contribution < -0.4 is 5.32 Å². The SMILES string of the molecule is O=C(NCc1ccccc1)[C@H](c1ccco1)N(Cc1ccc(F)cc1)C(=O)c1ccccn1. The van der Waals surface area contributed by atoms with Gasteiger partial charge in [0.1, 0.15) is 17.3 Å². The first-order chi connectivity index (χ1) is 16.1. The van der Waals surface area contributed by atoms with Gasteiger partial charge in [-0.05, 0) is 47.5 Å². The van der Waals surface area contributed by atoms with Crippen molar-refractivity contribution in [2.24, 2.45) is 0 Å². The lowest BCUT2D eigenvalue weighted by molar-refractivity contribution is -0.126. The van der Waals surface area contributed by atoms with Crippen LogP contribution in [0.5, 0.6) is 0 Å². The lowest BCUT2D eigenvalue weighted by atomic mass is 10.1. The van der Waals surface area contributed by atoms with Gasteiger partial charge in [0.25, 0.3) is 11.8 Å². The van der Waals surface area contributed by atoms with E-state index in [9.17, 15) is 14.0 Å². The van der Waals surface area contributed by atoms with Gasteiger partial charge in [-0.2, -0.15) is 0 Å². The highest BCUT2D eigenvalue weighted by Gasteiger charge is 2.34. The first kappa shape index (κ1) is 22.0. The van der Waals surface area contributed by atoms with Gasteiger partial charge in [-0.15, -0.1) is 0 Å². The number of carbonyl (C=O) groups is 2. The third-order valence-corrected chi connectivity index (χ3v) is 5.09. The maximum atomic E-state index is 13.5. The molecule has 0 saturated heterocycles. The number of pyridine rings is 1. The highest BCUT2D eigenvalue weighted by Crippen LogP contribution is 2.26. The molecule has 0 unspecified atom stereocenters. The number of amides is 2. The monoisotopic (exact) mass is 443 g/mol. The maximum Gasteiger partial charge on any atom is 0.273 e. The molecule has 33 heavy (non-hydrogen) atoms. The number of nitrogens with zero attached hydrogens (tertiary/aromatic N) is 2. The molecular weight excluding hydrogens is 421 g/mol. The van der Waals surface area contributed by atoms with E-state index in [2.05, 4.69) is 10.3 Å². The molecule has 2 amide bonds. The summed E-state index contributed by atoms with van der Waals surface area (Å²) in [6, 6.07) is 22.5. The molecule has 0 fully saturated rings. The first-order valence-electron chi connectivity index (χ1n) is 10.4. The topological polar surface area (TPSA) is 75.4 Å². The summed E-state index contributed by atoms with van der Waals surface area (Å²) in [5.41, 5.74) is 1.77. The molecule has 0 saturated carbocycles. The summed E-state index contributed by atoms with van der Waals surface area (Å²) < 4.78 is 19.0. The van der Waals surface area contributed by atoms with E-state index in [1.807, 2.05) is 30.3 Å². The van der Waals surface area contributed by atoms with Crippen molar-refractivity contribution in [3.05, 3.63) is 126 Å². The summed E-state index contributed by atoms with van der Waals surface area (Å²) in [6.45, 7) is 0.346. The van der Waals surface area contributed by atoms with Crippen molar-refractivity contribution in [1.29, 1.82) is 0 Å². The number of hydrogen-bond donors (Lipinski definition) is 1. The second-order valence-corrected chi connectivity index (χ2v) is 7.40. The molecule has 7 heteroatoms. The second kappa shape index (κ2) is 10.4. The van der Waals surface area contributed by atoms with E-state index in [-0.39, 0.29) is 18.1 Å². The number of halogens is 1. The van der Waals surface area contributed by atoms with E-state index >= 15 is 0 Å². The van der Waals surface area contributed by atoms with E-state index in [4.69, 9.17) is 4.42 Å². The molecule has 0 bridgehead atoms. The zero-order valence-electron chi connectivity index (χ0n) is 17.7. The summed E-state index contributed by atoms with van der Waals surface area (Å²) >= 11 is 0. The molecule has 0 radical (unpaired) electrons. The van der Waals surface area contributed by atoms with Crippen molar-refractivity contribution in [2.75, 3.05) is 0 Å². The van der Waals surface area contributed by atoms with Crippen molar-refractivity contribution in [3.63, 3.8) is 0 Å². The Kier molecular flexibility index (Phi) is 6.90. The first-order valence-corrected chi connectivity index (χ1v) is 10.4. The van der Waals surface area contributed by atoms with Gasteiger partial charge in [-0.25, -0.2) is 4.39 Å². The molecule has 4 aromatic rings. The Morgan fingerprint density at radius 3 is 2.33 bits per heavy atom. The number of rotatable bonds is 8. The van der Waals surface area contributed by atoms with Gasteiger partial charge in [0.05, 0.1) is 6.26 Å². The zero-order chi connectivity index (χ0) is 23.0. The van der Waals surface area contributed by atoms with Crippen molar-refractivity contribution >= 4 is 11.8 Å². The molecule has 1 atom stereocenters. The molecule has 0 aliphatic carbocycles. The van der Waals surface area contributed by atoms with E-state index < -0.39 is 17.9 Å². The molecule has 0 aliphatic heterocycles. The van der Waals surface area contributed by atoms with Gasteiger partial charge in [-0.3, -0.25) is 14.6 Å². The van der Waals surface area contributed by atoms with Crippen LogP contribution in [-0.4, -0.2) is 21.7 Å². The molecule has 4 rings (SSSR count). The van der Waals surface area contributed by atoms with E-state index in [1.54, 1.807) is 42.5 Å². The summed E-state index contributed by atoms with van der Waals surface area (Å²) in [6.07, 6.45) is 2.97. The Hall–Kier alpha value is -4.26. The quantitative estimate of drug-likeness (QED) is 0.435. The molecule has 6 nitrogen and oxygen atoms in total. The Morgan fingerprint density at radius 1 is 0.909 bits per heavy atom. The Balaban J connectivity index is 1.68. The van der Waals surface area contributed by atoms with E-state index in [0.717, 1.165) is 5.56 Å². The van der Waals surface area contributed by atoms with Crippen LogP contribution in [-0.2, 0) is 17.9 Å².